The normalized spacial score (nSPS) is 12.5. The van der Waals surface area contributed by atoms with Crippen LogP contribution in [0.3, 0.4) is 0 Å². The van der Waals surface area contributed by atoms with E-state index in [-0.39, 0.29) is 11.2 Å². The molecule has 9 heteroatoms. The quantitative estimate of drug-likeness (QED) is 0.630. The van der Waals surface area contributed by atoms with Crippen LogP contribution in [0.4, 0.5) is 5.82 Å². The number of aryl methyl sites for hydroxylation is 1. The zero-order valence-electron chi connectivity index (χ0n) is 15.1. The summed E-state index contributed by atoms with van der Waals surface area (Å²) < 4.78 is 12.4. The zero-order valence-corrected chi connectivity index (χ0v) is 15.9. The van der Waals surface area contributed by atoms with Gasteiger partial charge in [0.25, 0.3) is 0 Å². The minimum Gasteiger partial charge on any atom is -0.461 e. The smallest absolute Gasteiger partial charge is 0.238 e. The van der Waals surface area contributed by atoms with E-state index in [0.717, 1.165) is 6.54 Å². The van der Waals surface area contributed by atoms with Crippen LogP contribution < -0.4 is 5.32 Å². The standard InChI is InChI=1S/C17H21N5O3S/c1-10(2)9-22-15(13-6-5-7-24-13)19-20-17(22)26-12(4)16(23)18-14-8-11(3)25-21-14/h5-8,10,12H,9H2,1-4H3,(H,18,21,23). The van der Waals surface area contributed by atoms with Crippen LogP contribution in [0, 0.1) is 12.8 Å². The van der Waals surface area contributed by atoms with Gasteiger partial charge in [-0.3, -0.25) is 9.36 Å². The fourth-order valence-electron chi connectivity index (χ4n) is 2.36. The number of nitrogens with zero attached hydrogens (tertiary/aromatic N) is 4. The maximum atomic E-state index is 12.4. The van der Waals surface area contributed by atoms with Gasteiger partial charge < -0.3 is 14.3 Å². The highest BCUT2D eigenvalue weighted by Gasteiger charge is 2.22. The van der Waals surface area contributed by atoms with E-state index in [4.69, 9.17) is 8.94 Å². The lowest BCUT2D eigenvalue weighted by Crippen LogP contribution is -2.23. The van der Waals surface area contributed by atoms with Gasteiger partial charge in [0.05, 0.1) is 11.5 Å². The highest BCUT2D eigenvalue weighted by atomic mass is 32.2. The van der Waals surface area contributed by atoms with Crippen molar-refractivity contribution in [1.29, 1.82) is 0 Å². The number of furan rings is 1. The molecule has 138 valence electrons. The number of amides is 1. The fraction of sp³-hybridized carbons (Fsp3) is 0.412. The molecule has 0 aliphatic carbocycles. The van der Waals surface area contributed by atoms with E-state index in [1.807, 2.05) is 23.6 Å². The second-order valence-electron chi connectivity index (χ2n) is 6.36. The molecule has 0 aliphatic heterocycles. The molecule has 0 spiro atoms. The summed E-state index contributed by atoms with van der Waals surface area (Å²) in [5, 5.41) is 15.3. The molecule has 0 aromatic carbocycles. The van der Waals surface area contributed by atoms with Gasteiger partial charge in [0, 0.05) is 12.6 Å². The van der Waals surface area contributed by atoms with Gasteiger partial charge in [0.1, 0.15) is 5.76 Å². The van der Waals surface area contributed by atoms with Crippen LogP contribution in [-0.2, 0) is 11.3 Å². The maximum absolute atomic E-state index is 12.4. The van der Waals surface area contributed by atoms with Crippen molar-refractivity contribution >= 4 is 23.5 Å². The van der Waals surface area contributed by atoms with Crippen molar-refractivity contribution in [2.45, 2.75) is 44.6 Å². The summed E-state index contributed by atoms with van der Waals surface area (Å²) in [5.74, 6) is 2.56. The van der Waals surface area contributed by atoms with Crippen molar-refractivity contribution in [2.75, 3.05) is 5.32 Å². The van der Waals surface area contributed by atoms with Crippen molar-refractivity contribution < 1.29 is 13.7 Å². The van der Waals surface area contributed by atoms with Crippen LogP contribution >= 0.6 is 11.8 Å². The SMILES string of the molecule is Cc1cc(NC(=O)C(C)Sc2nnc(-c3ccco3)n2CC(C)C)no1. The van der Waals surface area contributed by atoms with Gasteiger partial charge in [0.15, 0.2) is 22.6 Å². The van der Waals surface area contributed by atoms with E-state index in [1.54, 1.807) is 19.3 Å². The minimum absolute atomic E-state index is 0.179. The Morgan fingerprint density at radius 3 is 2.77 bits per heavy atom. The van der Waals surface area contributed by atoms with Crippen molar-refractivity contribution in [1.82, 2.24) is 19.9 Å². The maximum Gasteiger partial charge on any atom is 0.238 e. The van der Waals surface area contributed by atoms with Crippen LogP contribution in [0.5, 0.6) is 0 Å². The van der Waals surface area contributed by atoms with Crippen LogP contribution in [0.15, 0.2) is 38.6 Å². The van der Waals surface area contributed by atoms with Crippen molar-refractivity contribution in [3.05, 3.63) is 30.2 Å². The van der Waals surface area contributed by atoms with Gasteiger partial charge in [-0.2, -0.15) is 0 Å². The number of hydrogen-bond donors (Lipinski definition) is 1. The van der Waals surface area contributed by atoms with Gasteiger partial charge in [-0.05, 0) is 31.9 Å². The predicted octanol–water partition coefficient (Wildman–Crippen LogP) is 3.61. The lowest BCUT2D eigenvalue weighted by molar-refractivity contribution is -0.115. The number of nitrogens with one attached hydrogen (secondary N) is 1. The lowest BCUT2D eigenvalue weighted by Gasteiger charge is -2.14. The summed E-state index contributed by atoms with van der Waals surface area (Å²) in [6, 6.07) is 5.33. The van der Waals surface area contributed by atoms with Crippen LogP contribution in [0.2, 0.25) is 0 Å². The number of anilines is 1. The van der Waals surface area contributed by atoms with Gasteiger partial charge in [-0.1, -0.05) is 30.8 Å². The number of carbonyl (C=O) groups excluding carboxylic acids is 1. The summed E-state index contributed by atoms with van der Waals surface area (Å²) in [7, 11) is 0. The molecule has 0 fully saturated rings. The summed E-state index contributed by atoms with van der Waals surface area (Å²) in [5.41, 5.74) is 0. The first-order valence-electron chi connectivity index (χ1n) is 8.32. The lowest BCUT2D eigenvalue weighted by atomic mass is 10.2. The third-order valence-corrected chi connectivity index (χ3v) is 4.62. The molecule has 1 unspecified atom stereocenters. The van der Waals surface area contributed by atoms with E-state index in [9.17, 15) is 4.79 Å². The summed E-state index contributed by atoms with van der Waals surface area (Å²) in [6.07, 6.45) is 1.60. The second kappa shape index (κ2) is 7.77. The van der Waals surface area contributed by atoms with Crippen LogP contribution in [-0.4, -0.2) is 31.1 Å². The highest BCUT2D eigenvalue weighted by molar-refractivity contribution is 8.00. The molecule has 8 nitrogen and oxygen atoms in total. The summed E-state index contributed by atoms with van der Waals surface area (Å²) in [6.45, 7) is 8.54. The molecule has 26 heavy (non-hydrogen) atoms. The topological polar surface area (TPSA) is 99.0 Å². The number of rotatable bonds is 7. The molecule has 3 rings (SSSR count). The largest absolute Gasteiger partial charge is 0.461 e. The molecule has 0 radical (unpaired) electrons. The third-order valence-electron chi connectivity index (χ3n) is 3.54. The molecule has 0 saturated heterocycles. The first kappa shape index (κ1) is 18.2. The molecule has 0 aliphatic rings. The minimum atomic E-state index is -0.383. The Kier molecular flexibility index (Phi) is 5.46. The van der Waals surface area contributed by atoms with Gasteiger partial charge in [-0.25, -0.2) is 0 Å². The van der Waals surface area contributed by atoms with E-state index in [0.29, 0.717) is 34.2 Å². The molecule has 1 N–H and O–H groups in total. The Hall–Kier alpha value is -2.55. The summed E-state index contributed by atoms with van der Waals surface area (Å²) in [4.78, 5) is 12.4. The van der Waals surface area contributed by atoms with Crippen molar-refractivity contribution in [2.24, 2.45) is 5.92 Å². The molecular weight excluding hydrogens is 354 g/mol. The number of hydrogen-bond acceptors (Lipinski definition) is 7. The Labute approximate surface area is 155 Å². The Morgan fingerprint density at radius 2 is 2.15 bits per heavy atom. The van der Waals surface area contributed by atoms with E-state index in [2.05, 4.69) is 34.5 Å². The molecule has 0 saturated carbocycles. The Balaban J connectivity index is 1.76. The van der Waals surface area contributed by atoms with E-state index >= 15 is 0 Å². The molecular formula is C17H21N5O3S. The zero-order chi connectivity index (χ0) is 18.7. The number of aromatic nitrogens is 4. The first-order chi connectivity index (χ1) is 12.4. The highest BCUT2D eigenvalue weighted by Crippen LogP contribution is 2.28. The van der Waals surface area contributed by atoms with Crippen LogP contribution in [0.25, 0.3) is 11.6 Å². The number of thioether (sulfide) groups is 1. The molecule has 3 heterocycles. The average molecular weight is 375 g/mol. The third kappa shape index (κ3) is 4.16. The average Bonchev–Trinajstić information content (AvgIpc) is 3.30. The second-order valence-corrected chi connectivity index (χ2v) is 7.67. The van der Waals surface area contributed by atoms with E-state index in [1.165, 1.54) is 11.8 Å². The molecule has 1 amide bonds. The van der Waals surface area contributed by atoms with Gasteiger partial charge in [0.2, 0.25) is 5.91 Å². The van der Waals surface area contributed by atoms with Crippen LogP contribution in [0.1, 0.15) is 26.5 Å². The van der Waals surface area contributed by atoms with E-state index < -0.39 is 0 Å². The van der Waals surface area contributed by atoms with Crippen molar-refractivity contribution in [3.8, 4) is 11.6 Å². The van der Waals surface area contributed by atoms with Gasteiger partial charge >= 0.3 is 0 Å². The Bertz CT molecular complexity index is 869. The summed E-state index contributed by atoms with van der Waals surface area (Å²) >= 11 is 1.34. The molecule has 1 atom stereocenters. The number of carbonyl (C=O) groups is 1. The fourth-order valence-corrected chi connectivity index (χ4v) is 3.22. The molecule has 3 aromatic heterocycles. The monoisotopic (exact) mass is 375 g/mol. The molecule has 3 aromatic rings. The first-order valence-corrected chi connectivity index (χ1v) is 9.20. The predicted molar refractivity (Wildman–Crippen MR) is 97.8 cm³/mol. The van der Waals surface area contributed by atoms with Gasteiger partial charge in [-0.15, -0.1) is 10.2 Å². The Morgan fingerprint density at radius 1 is 1.35 bits per heavy atom. The van der Waals surface area contributed by atoms with Crippen molar-refractivity contribution in [3.63, 3.8) is 0 Å². The molecule has 0 bridgehead atoms.